The summed E-state index contributed by atoms with van der Waals surface area (Å²) in [5, 5.41) is 15.0. The Labute approximate surface area is 151 Å². The number of halogens is 3. The summed E-state index contributed by atoms with van der Waals surface area (Å²) in [6.07, 6.45) is -4.36. The minimum absolute atomic E-state index is 0.517. The average Bonchev–Trinajstić information content (AvgIpc) is 3.00. The van der Waals surface area contributed by atoms with Gasteiger partial charge in [0.2, 0.25) is 5.16 Å². The molecule has 0 saturated carbocycles. The van der Waals surface area contributed by atoms with Crippen LogP contribution in [0.5, 0.6) is 0 Å². The van der Waals surface area contributed by atoms with Crippen LogP contribution in [0.3, 0.4) is 0 Å². The fraction of sp³-hybridized carbons (Fsp3) is 0.118. The third-order valence-electron chi connectivity index (χ3n) is 3.50. The zero-order chi connectivity index (χ0) is 18.7. The first kappa shape index (κ1) is 18.0. The van der Waals surface area contributed by atoms with Gasteiger partial charge in [-0.2, -0.15) is 13.2 Å². The van der Waals surface area contributed by atoms with Gasteiger partial charge in [-0.15, -0.1) is 5.10 Å². The van der Waals surface area contributed by atoms with Crippen LogP contribution in [0.25, 0.3) is 5.70 Å². The van der Waals surface area contributed by atoms with Crippen LogP contribution >= 0.6 is 11.8 Å². The van der Waals surface area contributed by atoms with E-state index in [1.165, 1.54) is 23.9 Å². The summed E-state index contributed by atoms with van der Waals surface area (Å²) in [4.78, 5) is 0.870. The van der Waals surface area contributed by atoms with Crippen LogP contribution in [0.15, 0.2) is 65.2 Å². The van der Waals surface area contributed by atoms with E-state index in [2.05, 4.69) is 27.4 Å². The number of anilines is 1. The molecule has 0 aliphatic carbocycles. The van der Waals surface area contributed by atoms with Crippen molar-refractivity contribution in [3.05, 3.63) is 66.2 Å². The minimum Gasteiger partial charge on any atom is -0.355 e. The van der Waals surface area contributed by atoms with E-state index in [0.717, 1.165) is 22.6 Å². The lowest BCUT2D eigenvalue weighted by atomic mass is 10.1. The summed E-state index contributed by atoms with van der Waals surface area (Å²) in [7, 11) is 1.74. The zero-order valence-corrected chi connectivity index (χ0v) is 14.5. The van der Waals surface area contributed by atoms with Gasteiger partial charge in [-0.05, 0) is 52.5 Å². The molecular formula is C17H14F3N5S. The Morgan fingerprint density at radius 2 is 1.81 bits per heavy atom. The van der Waals surface area contributed by atoms with Crippen molar-refractivity contribution in [3.63, 3.8) is 0 Å². The van der Waals surface area contributed by atoms with Gasteiger partial charge in [0.15, 0.2) is 0 Å². The molecule has 0 spiro atoms. The highest BCUT2D eigenvalue weighted by Gasteiger charge is 2.29. The van der Waals surface area contributed by atoms with E-state index in [0.29, 0.717) is 16.5 Å². The summed E-state index contributed by atoms with van der Waals surface area (Å²) in [5.41, 5.74) is 1.19. The number of aryl methyl sites for hydroxylation is 1. The molecule has 5 nitrogen and oxygen atoms in total. The van der Waals surface area contributed by atoms with E-state index in [9.17, 15) is 13.2 Å². The first-order valence-corrected chi connectivity index (χ1v) is 8.29. The van der Waals surface area contributed by atoms with Gasteiger partial charge in [0.25, 0.3) is 0 Å². The maximum absolute atomic E-state index is 12.7. The number of hydrogen-bond acceptors (Lipinski definition) is 5. The highest BCUT2D eigenvalue weighted by atomic mass is 32.2. The number of tetrazole rings is 1. The van der Waals surface area contributed by atoms with Crippen molar-refractivity contribution in [2.24, 2.45) is 7.05 Å². The van der Waals surface area contributed by atoms with Gasteiger partial charge in [-0.25, -0.2) is 4.68 Å². The molecule has 134 valence electrons. The molecule has 3 aromatic rings. The summed E-state index contributed by atoms with van der Waals surface area (Å²) in [6.45, 7) is 4.00. The van der Waals surface area contributed by atoms with E-state index in [1.807, 2.05) is 24.3 Å². The fourth-order valence-electron chi connectivity index (χ4n) is 2.20. The molecule has 1 aromatic heterocycles. The highest BCUT2D eigenvalue weighted by Crippen LogP contribution is 2.33. The lowest BCUT2D eigenvalue weighted by molar-refractivity contribution is -0.137. The fourth-order valence-corrected chi connectivity index (χ4v) is 3.09. The Hall–Kier alpha value is -2.81. The van der Waals surface area contributed by atoms with Gasteiger partial charge in [-0.3, -0.25) is 0 Å². The van der Waals surface area contributed by atoms with Crippen molar-refractivity contribution in [2.45, 2.75) is 16.2 Å². The summed E-state index contributed by atoms with van der Waals surface area (Å²) >= 11 is 1.37. The van der Waals surface area contributed by atoms with Crippen LogP contribution in [0.2, 0.25) is 0 Å². The molecule has 0 bridgehead atoms. The van der Waals surface area contributed by atoms with E-state index in [4.69, 9.17) is 0 Å². The molecule has 0 fully saturated rings. The smallest absolute Gasteiger partial charge is 0.355 e. The average molecular weight is 377 g/mol. The summed E-state index contributed by atoms with van der Waals surface area (Å²) in [5.74, 6) is 0. The Morgan fingerprint density at radius 1 is 1.12 bits per heavy atom. The molecule has 1 N–H and O–H groups in total. The van der Waals surface area contributed by atoms with Crippen molar-refractivity contribution >= 4 is 23.1 Å². The Balaban J connectivity index is 1.79. The SMILES string of the molecule is C=C(Nc1ccc(C(F)(F)F)cc1)c1ccccc1Sc1nnnn1C. The monoisotopic (exact) mass is 377 g/mol. The first-order chi connectivity index (χ1) is 12.3. The van der Waals surface area contributed by atoms with E-state index >= 15 is 0 Å². The number of benzene rings is 2. The molecule has 3 rings (SSSR count). The van der Waals surface area contributed by atoms with Crippen LogP contribution < -0.4 is 5.32 Å². The molecule has 0 aliphatic heterocycles. The topological polar surface area (TPSA) is 55.6 Å². The first-order valence-electron chi connectivity index (χ1n) is 7.47. The van der Waals surface area contributed by atoms with Gasteiger partial charge in [-0.1, -0.05) is 24.8 Å². The standard InChI is InChI=1S/C17H14F3N5S/c1-11(21-13-9-7-12(8-10-13)17(18,19)20)14-5-3-4-6-15(14)26-16-22-23-24-25(16)2/h3-10,21H,1H2,2H3. The summed E-state index contributed by atoms with van der Waals surface area (Å²) in [6, 6.07) is 12.3. The van der Waals surface area contributed by atoms with Crippen LogP contribution in [0.4, 0.5) is 18.9 Å². The maximum Gasteiger partial charge on any atom is 0.416 e. The predicted octanol–water partition coefficient (Wildman–Crippen LogP) is 4.46. The van der Waals surface area contributed by atoms with Gasteiger partial charge >= 0.3 is 6.18 Å². The molecule has 0 amide bonds. The Morgan fingerprint density at radius 3 is 2.42 bits per heavy atom. The van der Waals surface area contributed by atoms with Gasteiger partial charge in [0.05, 0.1) is 5.56 Å². The van der Waals surface area contributed by atoms with Gasteiger partial charge < -0.3 is 5.32 Å². The Bertz CT molecular complexity index is 919. The van der Waals surface area contributed by atoms with Crippen LogP contribution in [-0.4, -0.2) is 20.2 Å². The van der Waals surface area contributed by atoms with Gasteiger partial charge in [0.1, 0.15) is 0 Å². The lowest BCUT2D eigenvalue weighted by Gasteiger charge is -2.14. The van der Waals surface area contributed by atoms with Crippen molar-refractivity contribution < 1.29 is 13.2 Å². The molecule has 1 heterocycles. The number of alkyl halides is 3. The second kappa shape index (κ2) is 7.20. The molecule has 9 heteroatoms. The lowest BCUT2D eigenvalue weighted by Crippen LogP contribution is -2.05. The highest BCUT2D eigenvalue weighted by molar-refractivity contribution is 7.99. The van der Waals surface area contributed by atoms with Crippen molar-refractivity contribution in [1.29, 1.82) is 0 Å². The zero-order valence-electron chi connectivity index (χ0n) is 13.7. The third kappa shape index (κ3) is 4.05. The molecule has 0 aliphatic rings. The molecular weight excluding hydrogens is 363 g/mol. The second-order valence-electron chi connectivity index (χ2n) is 5.36. The number of nitrogens with one attached hydrogen (secondary N) is 1. The van der Waals surface area contributed by atoms with Crippen LogP contribution in [-0.2, 0) is 13.2 Å². The van der Waals surface area contributed by atoms with Gasteiger partial charge in [0, 0.05) is 28.9 Å². The molecule has 0 radical (unpaired) electrons. The number of nitrogens with zero attached hydrogens (tertiary/aromatic N) is 4. The Kier molecular flexibility index (Phi) is 4.99. The molecule has 2 aromatic carbocycles. The minimum atomic E-state index is -4.36. The van der Waals surface area contributed by atoms with Crippen molar-refractivity contribution in [1.82, 2.24) is 20.2 Å². The van der Waals surface area contributed by atoms with E-state index < -0.39 is 11.7 Å². The molecule has 0 atom stereocenters. The third-order valence-corrected chi connectivity index (χ3v) is 4.61. The number of rotatable bonds is 5. The molecule has 0 saturated heterocycles. The normalized spacial score (nSPS) is 11.4. The van der Waals surface area contributed by atoms with Crippen LogP contribution in [0.1, 0.15) is 11.1 Å². The molecule has 26 heavy (non-hydrogen) atoms. The maximum atomic E-state index is 12.7. The van der Waals surface area contributed by atoms with E-state index in [-0.39, 0.29) is 0 Å². The number of hydrogen-bond donors (Lipinski definition) is 1. The quantitative estimate of drug-likeness (QED) is 0.711. The summed E-state index contributed by atoms with van der Waals surface area (Å²) < 4.78 is 39.5. The number of aromatic nitrogens is 4. The predicted molar refractivity (Wildman–Crippen MR) is 93.5 cm³/mol. The second-order valence-corrected chi connectivity index (χ2v) is 6.37. The molecule has 0 unspecified atom stereocenters. The van der Waals surface area contributed by atoms with Crippen molar-refractivity contribution in [3.8, 4) is 0 Å². The van der Waals surface area contributed by atoms with E-state index in [1.54, 1.807) is 11.7 Å². The largest absolute Gasteiger partial charge is 0.416 e. The van der Waals surface area contributed by atoms with Crippen molar-refractivity contribution in [2.75, 3.05) is 5.32 Å². The van der Waals surface area contributed by atoms with Crippen LogP contribution in [0, 0.1) is 0 Å².